The molecular weight excluding hydrogens is 360 g/mol. The van der Waals surface area contributed by atoms with Crippen LogP contribution in [0.2, 0.25) is 0 Å². The zero-order valence-electron chi connectivity index (χ0n) is 16.7. The summed E-state index contributed by atoms with van der Waals surface area (Å²) >= 11 is 0. The van der Waals surface area contributed by atoms with Crippen LogP contribution in [-0.2, 0) is 16.1 Å². The number of rotatable bonds is 5. The number of aliphatic hydroxyl groups excluding tert-OH is 1. The second kappa shape index (κ2) is 9.28. The van der Waals surface area contributed by atoms with Gasteiger partial charge in [-0.1, -0.05) is 31.4 Å². The van der Waals surface area contributed by atoms with Crippen LogP contribution < -0.4 is 9.47 Å². The Morgan fingerprint density at radius 1 is 1.14 bits per heavy atom. The summed E-state index contributed by atoms with van der Waals surface area (Å²) in [6.45, 7) is 0.695. The number of hydrogen-bond acceptors (Lipinski definition) is 5. The van der Waals surface area contributed by atoms with Gasteiger partial charge in [-0.15, -0.1) is 0 Å². The summed E-state index contributed by atoms with van der Waals surface area (Å²) in [6, 6.07) is 5.51. The number of aliphatic hydroxyl groups is 1. The molecule has 0 radical (unpaired) electrons. The van der Waals surface area contributed by atoms with Crippen molar-refractivity contribution in [2.24, 2.45) is 5.92 Å². The van der Waals surface area contributed by atoms with Crippen LogP contribution >= 0.6 is 0 Å². The van der Waals surface area contributed by atoms with Gasteiger partial charge in [0.2, 0.25) is 11.8 Å². The van der Waals surface area contributed by atoms with Crippen molar-refractivity contribution in [3.8, 4) is 11.5 Å². The Bertz CT molecular complexity index is 702. The van der Waals surface area contributed by atoms with Gasteiger partial charge in [-0.2, -0.15) is 0 Å². The maximum Gasteiger partial charge on any atom is 0.242 e. The van der Waals surface area contributed by atoms with Crippen LogP contribution in [0.3, 0.4) is 0 Å². The van der Waals surface area contributed by atoms with Crippen LogP contribution in [0.1, 0.15) is 37.7 Å². The van der Waals surface area contributed by atoms with E-state index < -0.39 is 6.10 Å². The molecule has 154 valence electrons. The molecule has 7 heteroatoms. The summed E-state index contributed by atoms with van der Waals surface area (Å²) in [4.78, 5) is 28.9. The van der Waals surface area contributed by atoms with Crippen molar-refractivity contribution in [2.45, 2.75) is 44.8 Å². The fraction of sp³-hybridized carbons (Fsp3) is 0.619. The first-order valence-corrected chi connectivity index (χ1v) is 9.98. The molecule has 0 spiro atoms. The molecule has 3 rings (SSSR count). The summed E-state index contributed by atoms with van der Waals surface area (Å²) in [5.41, 5.74) is 0.800. The zero-order valence-corrected chi connectivity index (χ0v) is 16.7. The maximum absolute atomic E-state index is 12.9. The Morgan fingerprint density at radius 2 is 1.89 bits per heavy atom. The van der Waals surface area contributed by atoms with Crippen LogP contribution in [0, 0.1) is 5.92 Å². The molecule has 1 aliphatic carbocycles. The lowest BCUT2D eigenvalue weighted by Gasteiger charge is -2.28. The molecular formula is C21H30N2O5. The van der Waals surface area contributed by atoms with Gasteiger partial charge >= 0.3 is 0 Å². The first-order valence-electron chi connectivity index (χ1n) is 9.98. The summed E-state index contributed by atoms with van der Waals surface area (Å²) in [7, 11) is 3.13. The van der Waals surface area contributed by atoms with E-state index in [1.807, 2.05) is 12.1 Å². The Balaban J connectivity index is 1.73. The summed E-state index contributed by atoms with van der Waals surface area (Å²) in [5.74, 6) is 1.00. The lowest BCUT2D eigenvalue weighted by atomic mass is 9.88. The molecule has 1 heterocycles. The maximum atomic E-state index is 12.9. The number of methoxy groups -OCH3 is 2. The lowest BCUT2D eigenvalue weighted by molar-refractivity contribution is -0.142. The highest BCUT2D eigenvalue weighted by Crippen LogP contribution is 2.32. The van der Waals surface area contributed by atoms with E-state index in [4.69, 9.17) is 9.47 Å². The monoisotopic (exact) mass is 390 g/mol. The molecule has 2 amide bonds. The average molecular weight is 390 g/mol. The Kier molecular flexibility index (Phi) is 6.78. The van der Waals surface area contributed by atoms with Gasteiger partial charge in [0.25, 0.3) is 0 Å². The number of β-amino-alcohol motifs (C(OH)–C–C–N with tert-alkyl or cyclic N) is 1. The third-order valence-corrected chi connectivity index (χ3v) is 5.65. The van der Waals surface area contributed by atoms with Crippen LogP contribution in [-0.4, -0.2) is 66.7 Å². The average Bonchev–Trinajstić information content (AvgIpc) is 2.85. The van der Waals surface area contributed by atoms with Gasteiger partial charge in [-0.05, 0) is 18.9 Å². The first kappa shape index (κ1) is 20.5. The fourth-order valence-corrected chi connectivity index (χ4v) is 4.21. The van der Waals surface area contributed by atoms with E-state index in [1.54, 1.807) is 30.1 Å². The number of nitrogens with zero attached hydrogens (tertiary/aromatic N) is 2. The van der Waals surface area contributed by atoms with Gasteiger partial charge in [0.05, 0.1) is 26.9 Å². The minimum Gasteiger partial charge on any atom is -0.493 e. The molecule has 2 fully saturated rings. The van der Waals surface area contributed by atoms with Gasteiger partial charge in [-0.25, -0.2) is 0 Å². The van der Waals surface area contributed by atoms with Crippen LogP contribution in [0.25, 0.3) is 0 Å². The lowest BCUT2D eigenvalue weighted by Crippen LogP contribution is -2.43. The second-order valence-corrected chi connectivity index (χ2v) is 7.63. The highest BCUT2D eigenvalue weighted by atomic mass is 16.5. The van der Waals surface area contributed by atoms with Crippen molar-refractivity contribution in [3.63, 3.8) is 0 Å². The first-order chi connectivity index (χ1) is 13.5. The van der Waals surface area contributed by atoms with E-state index in [9.17, 15) is 14.7 Å². The molecule has 1 saturated heterocycles. The van der Waals surface area contributed by atoms with Gasteiger partial charge in [0.15, 0.2) is 11.5 Å². The Hall–Kier alpha value is -2.28. The number of carbonyl (C=O) groups is 2. The quantitative estimate of drug-likeness (QED) is 0.830. The topological polar surface area (TPSA) is 79.3 Å². The van der Waals surface area contributed by atoms with Crippen LogP contribution in [0.4, 0.5) is 0 Å². The molecule has 2 aliphatic rings. The molecule has 1 aliphatic heterocycles. The number of benzene rings is 1. The Morgan fingerprint density at radius 3 is 2.57 bits per heavy atom. The Labute approximate surface area is 166 Å². The van der Waals surface area contributed by atoms with Gasteiger partial charge in [0.1, 0.15) is 0 Å². The van der Waals surface area contributed by atoms with E-state index >= 15 is 0 Å². The van der Waals surface area contributed by atoms with Gasteiger partial charge < -0.3 is 24.4 Å². The van der Waals surface area contributed by atoms with Crippen molar-refractivity contribution >= 4 is 11.8 Å². The van der Waals surface area contributed by atoms with Gasteiger partial charge in [-0.3, -0.25) is 9.59 Å². The largest absolute Gasteiger partial charge is 0.493 e. The van der Waals surface area contributed by atoms with Crippen LogP contribution in [0.15, 0.2) is 18.2 Å². The normalized spacial score (nSPS) is 21.4. The highest BCUT2D eigenvalue weighted by Gasteiger charge is 2.33. The standard InChI is InChI=1S/C21H30N2O5/c1-27-18-10-6-9-16(20(18)28-2)11-22-12-17(24)13-23(14-19(22)25)21(26)15-7-4-3-5-8-15/h6,9-10,15,17,24H,3-5,7-8,11-14H2,1-2H3. The van der Waals surface area contributed by atoms with Crippen molar-refractivity contribution in [2.75, 3.05) is 33.9 Å². The fourth-order valence-electron chi connectivity index (χ4n) is 4.21. The predicted octanol–water partition coefficient (Wildman–Crippen LogP) is 1.82. The summed E-state index contributed by atoms with van der Waals surface area (Å²) in [5, 5.41) is 10.5. The smallest absolute Gasteiger partial charge is 0.242 e. The number of amides is 2. The van der Waals surface area contributed by atoms with Crippen molar-refractivity contribution in [1.82, 2.24) is 9.80 Å². The van der Waals surface area contributed by atoms with Crippen molar-refractivity contribution in [3.05, 3.63) is 23.8 Å². The third-order valence-electron chi connectivity index (χ3n) is 5.65. The number of ether oxygens (including phenoxy) is 2. The van der Waals surface area contributed by atoms with E-state index in [1.165, 1.54) is 6.42 Å². The van der Waals surface area contributed by atoms with E-state index in [0.717, 1.165) is 31.2 Å². The molecule has 1 aromatic carbocycles. The molecule has 0 aromatic heterocycles. The van der Waals surface area contributed by atoms with E-state index in [2.05, 4.69) is 0 Å². The predicted molar refractivity (Wildman–Crippen MR) is 104 cm³/mol. The van der Waals surface area contributed by atoms with Gasteiger partial charge in [0, 0.05) is 31.1 Å². The summed E-state index contributed by atoms with van der Waals surface area (Å²) < 4.78 is 10.8. The molecule has 28 heavy (non-hydrogen) atoms. The molecule has 1 saturated carbocycles. The number of carbonyl (C=O) groups excluding carboxylic acids is 2. The molecule has 0 bridgehead atoms. The molecule has 1 atom stereocenters. The molecule has 1 aromatic rings. The van der Waals surface area contributed by atoms with E-state index in [-0.39, 0.29) is 37.4 Å². The number of para-hydroxylation sites is 1. The third kappa shape index (κ3) is 4.58. The summed E-state index contributed by atoms with van der Waals surface area (Å²) in [6.07, 6.45) is 4.27. The zero-order chi connectivity index (χ0) is 20.1. The highest BCUT2D eigenvalue weighted by molar-refractivity contribution is 5.86. The second-order valence-electron chi connectivity index (χ2n) is 7.63. The van der Waals surface area contributed by atoms with Crippen LogP contribution in [0.5, 0.6) is 11.5 Å². The van der Waals surface area contributed by atoms with Crippen molar-refractivity contribution in [1.29, 1.82) is 0 Å². The number of hydrogen-bond donors (Lipinski definition) is 1. The minimum absolute atomic E-state index is 0.00732. The van der Waals surface area contributed by atoms with E-state index in [0.29, 0.717) is 18.0 Å². The minimum atomic E-state index is -0.768. The molecule has 7 nitrogen and oxygen atoms in total. The molecule has 1 unspecified atom stereocenters. The van der Waals surface area contributed by atoms with Crippen molar-refractivity contribution < 1.29 is 24.2 Å². The SMILES string of the molecule is COc1cccc(CN2CC(O)CN(C(=O)C3CCCCC3)CC2=O)c1OC. The molecule has 1 N–H and O–H groups in total.